The van der Waals surface area contributed by atoms with Gasteiger partial charge in [-0.3, -0.25) is 33.6 Å². The summed E-state index contributed by atoms with van der Waals surface area (Å²) in [4.78, 5) is 102. The zero-order valence-electron chi connectivity index (χ0n) is 78.0. The van der Waals surface area contributed by atoms with Gasteiger partial charge < -0.3 is 48.8 Å². The number of nitrogens with zero attached hydrogens (tertiary/aromatic N) is 1. The van der Waals surface area contributed by atoms with Crippen molar-refractivity contribution >= 4 is 109 Å². The van der Waals surface area contributed by atoms with Crippen LogP contribution in [0.5, 0.6) is 0 Å². The molecule has 4 saturated heterocycles. The molecule has 0 spiro atoms. The lowest BCUT2D eigenvalue weighted by Gasteiger charge is -2.29. The molecule has 0 unspecified atom stereocenters. The number of ether oxygens (including phenoxy) is 4. The smallest absolute Gasteiger partial charge is 0.267 e. The Morgan fingerprint density at radius 2 is 0.650 bits per heavy atom. The first kappa shape index (κ1) is 102. The summed E-state index contributed by atoms with van der Waals surface area (Å²) in [6.45, 7) is 16.2. The van der Waals surface area contributed by atoms with E-state index in [9.17, 15) is 58.8 Å². The Labute approximate surface area is 815 Å². The summed E-state index contributed by atoms with van der Waals surface area (Å²) < 4.78 is 93.7. The largest absolute Gasteiger partial charge is 0.381 e. The number of allylic oxidation sites excluding steroid dienone is 5. The number of Topliss-reactive ketones (excluding diaryl/α,β-unsaturated/α-hetero) is 2. The minimum absolute atomic E-state index is 0.0684. The first-order chi connectivity index (χ1) is 65.6. The molecule has 0 bridgehead atoms. The van der Waals surface area contributed by atoms with E-state index in [0.29, 0.717) is 96.0 Å². The van der Waals surface area contributed by atoms with Gasteiger partial charge in [0.2, 0.25) is 0 Å². The normalized spacial score (nSPS) is 18.6. The molecule has 4 aliphatic heterocycles. The number of carbonyl (C=O) groups is 2. The Morgan fingerprint density at radius 1 is 0.336 bits per heavy atom. The topological polar surface area (TPSA) is 341 Å². The number of sulfone groups is 3. The van der Waals surface area contributed by atoms with Crippen LogP contribution in [0.25, 0.3) is 27.9 Å². The van der Waals surface area contributed by atoms with Crippen LogP contribution in [0.2, 0.25) is 15.1 Å². The Kier molecular flexibility index (Phi) is 34.9. The van der Waals surface area contributed by atoms with Gasteiger partial charge in [0, 0.05) is 164 Å². The van der Waals surface area contributed by atoms with Crippen LogP contribution in [0.4, 0.5) is 5.69 Å². The lowest BCUT2D eigenvalue weighted by atomic mass is 9.91. The van der Waals surface area contributed by atoms with Crippen LogP contribution in [0, 0.1) is 29.6 Å². The summed E-state index contributed by atoms with van der Waals surface area (Å²) in [5.41, 5.74) is 15.9. The maximum atomic E-state index is 12.5. The molecule has 4 saturated carbocycles. The van der Waals surface area contributed by atoms with E-state index < -0.39 is 29.5 Å². The zero-order valence-corrected chi connectivity index (χ0v) is 82.8. The SMILES string of the molecule is CC(C)c1ccc(/C(=C/[C@H]2CCC(=O)C2)c2ccc(S(C)(=O)=O)cc2)[nH]c1=O.CC(C)c1ccc(/C(=C\C2CCOCC2)c2ccc(Cl)c(=O)[nH]2)cc1.CS(=O)(=O)c1ccc(/C(=C\[C@H]2CCC(=O)C2)c2ccc(C3CC3)c(=O)[nH]2)cc1.O=c1[nH]c(/C(=C/C2CCOCC2)c2ccc(N3CCOCC3)cc2)ccc1Cl.O=c1[nH]c(/C(=C/C2CCOCC2)c2ccc(S(=O)(=O)C3CC3)cc2)ccc1Cl. The monoisotopic (exact) mass is 1970 g/mol. The zero-order chi connectivity index (χ0) is 97.2. The molecule has 2 atom stereocenters. The average molecular weight is 1980 g/mol. The van der Waals surface area contributed by atoms with Gasteiger partial charge in [0.15, 0.2) is 29.5 Å². The highest BCUT2D eigenvalue weighted by atomic mass is 35.5. The molecule has 5 aromatic heterocycles. The highest BCUT2D eigenvalue weighted by Gasteiger charge is 2.37. The van der Waals surface area contributed by atoms with E-state index in [2.05, 4.69) is 110 Å². The molecule has 5 aromatic carbocycles. The second-order valence-electron chi connectivity index (χ2n) is 37.0. The molecule has 23 nitrogen and oxygen atoms in total. The van der Waals surface area contributed by atoms with Crippen molar-refractivity contribution in [2.75, 3.05) is 83.4 Å². The predicted molar refractivity (Wildman–Crippen MR) is 543 cm³/mol. The molecule has 8 fully saturated rings. The van der Waals surface area contributed by atoms with Crippen LogP contribution in [-0.2, 0) is 58.0 Å². The Morgan fingerprint density at radius 3 is 0.956 bits per heavy atom. The number of hydrogen-bond donors (Lipinski definition) is 5. The van der Waals surface area contributed by atoms with E-state index in [4.69, 9.17) is 53.8 Å². The maximum absolute atomic E-state index is 12.5. The number of aromatic nitrogens is 5. The highest BCUT2D eigenvalue weighted by molar-refractivity contribution is 7.92. The number of ketones is 2. The second kappa shape index (κ2) is 46.8. The van der Waals surface area contributed by atoms with Crippen LogP contribution < -0.4 is 32.7 Å². The second-order valence-corrected chi connectivity index (χ2v) is 44.5. The van der Waals surface area contributed by atoms with Gasteiger partial charge in [-0.15, -0.1) is 0 Å². The van der Waals surface area contributed by atoms with Crippen LogP contribution >= 0.6 is 34.8 Å². The van der Waals surface area contributed by atoms with Crippen molar-refractivity contribution in [3.63, 3.8) is 0 Å². The third-order valence-electron chi connectivity index (χ3n) is 26.0. The molecule has 8 aliphatic rings. The van der Waals surface area contributed by atoms with Crippen molar-refractivity contribution < 1.29 is 53.8 Å². The number of anilines is 1. The molecule has 137 heavy (non-hydrogen) atoms. The number of morpholine rings is 1. The summed E-state index contributed by atoms with van der Waals surface area (Å²) in [5, 5.41) is 0.324. The molecule has 5 N–H and O–H groups in total. The molecular weight excluding hydrogens is 1860 g/mol. The van der Waals surface area contributed by atoms with Crippen molar-refractivity contribution in [3.05, 3.63) is 352 Å². The van der Waals surface area contributed by atoms with Crippen LogP contribution in [0.3, 0.4) is 0 Å². The number of aromatic amines is 5. The van der Waals surface area contributed by atoms with Gasteiger partial charge in [-0.25, -0.2) is 25.3 Å². The number of nitrogens with one attached hydrogen (secondary N) is 5. The van der Waals surface area contributed by atoms with Crippen molar-refractivity contribution in [3.8, 4) is 0 Å². The van der Waals surface area contributed by atoms with Crippen LogP contribution in [-0.4, -0.2) is 145 Å². The number of benzene rings is 5. The fourth-order valence-corrected chi connectivity index (χ4v) is 20.9. The van der Waals surface area contributed by atoms with Crippen molar-refractivity contribution in [1.82, 2.24) is 24.9 Å². The number of H-pyrrole nitrogens is 5. The van der Waals surface area contributed by atoms with Crippen LogP contribution in [0.1, 0.15) is 221 Å². The maximum Gasteiger partial charge on any atom is 0.267 e. The highest BCUT2D eigenvalue weighted by Crippen LogP contribution is 2.41. The molecule has 4 aliphatic carbocycles. The van der Waals surface area contributed by atoms with Crippen LogP contribution in [0.15, 0.2) is 251 Å². The van der Waals surface area contributed by atoms with Gasteiger partial charge in [0.05, 0.1) is 33.2 Å². The summed E-state index contributed by atoms with van der Waals surface area (Å²) >= 11 is 17.7. The predicted octanol–water partition coefficient (Wildman–Crippen LogP) is 19.7. The van der Waals surface area contributed by atoms with Gasteiger partial charge >= 0.3 is 0 Å². The summed E-state index contributed by atoms with van der Waals surface area (Å²) in [5.74, 6) is 2.94. The van der Waals surface area contributed by atoms with Crippen molar-refractivity contribution in [2.45, 2.75) is 168 Å². The van der Waals surface area contributed by atoms with Crippen molar-refractivity contribution in [2.24, 2.45) is 29.6 Å². The molecule has 0 amide bonds. The van der Waals surface area contributed by atoms with E-state index in [1.807, 2.05) is 74.5 Å². The number of pyridine rings is 5. The molecular formula is C108H119Cl3N6O17S3. The van der Waals surface area contributed by atoms with E-state index in [1.54, 1.807) is 84.9 Å². The van der Waals surface area contributed by atoms with Gasteiger partial charge in [-0.1, -0.05) is 178 Å². The molecule has 29 heteroatoms. The van der Waals surface area contributed by atoms with E-state index in [1.165, 1.54) is 23.8 Å². The molecule has 18 rings (SSSR count). The Bertz CT molecular complexity index is 6640. The minimum Gasteiger partial charge on any atom is -0.381 e. The number of halogens is 3. The first-order valence-electron chi connectivity index (χ1n) is 47.2. The fraction of sp³-hybridized carbons (Fsp3) is 0.380. The molecule has 9 heterocycles. The first-order valence-corrected chi connectivity index (χ1v) is 53.6. The summed E-state index contributed by atoms with van der Waals surface area (Å²) in [6, 6.07) is 55.3. The van der Waals surface area contributed by atoms with E-state index in [0.717, 1.165) is 202 Å². The minimum atomic E-state index is -3.28. The standard InChI is InChI=1S/C22H25ClN2O3.C22H23NO4S.C22H25NO4S.C21H22ClNO4S.C21H24ClNO2/c23-20-5-6-21(24-22(20)26)19(15-16-7-11-27-12-8-16)17-1-3-18(4-2-17)25-9-13-28-14-10-25;1-28(26,27)18-8-5-16(6-9-18)20(13-14-2-7-17(24)12-14)21-11-10-19(15-3-4-15)22(25)23-21;1-14(2)19-10-11-21(23-22(19)25)20(13-15-4-7-17(24)12-15)16-5-8-18(9-6-16)28(3,26)27;22-19-7-8-20(23-21(19)24)18(13-14-9-11-27-12-10-14)15-1-3-16(4-2-15)28(25,26)17-5-6-17;1-14(2)16-3-5-17(6-4-16)18(13-15-9-11-25-12-10-15)20-8-7-19(22)21(24)23-20/h1-6,15-16H,7-14H2,(H,24,26);5-6,8-11,13-15H,2-4,7,12H2,1H3,(H,23,25);5-6,8-11,13-15H,4,7,12H2,1-3H3,(H,23,25);1-4,7-8,13-14,17H,5-6,9-12H2,(H,23,24);3-8,13-15H,9-12H2,1-2H3,(H,23,24)/b19-15+;2*20-13+;2*18-13+/t;14-;15-;;/m.00../s1. The van der Waals surface area contributed by atoms with Gasteiger partial charge in [0.1, 0.15) is 26.6 Å². The molecule has 0 radical (unpaired) electrons. The Hall–Kier alpha value is -10.8. The number of hydrogen-bond acceptors (Lipinski definition) is 18. The number of carbonyl (C=O) groups excluding carboxylic acids is 2. The van der Waals surface area contributed by atoms with E-state index >= 15 is 0 Å². The quantitative estimate of drug-likeness (QED) is 0.0397. The third-order valence-corrected chi connectivity index (χ3v) is 31.4. The Balaban J connectivity index is 0.000000137. The lowest BCUT2D eigenvalue weighted by Crippen LogP contribution is -2.36. The van der Waals surface area contributed by atoms with Crippen molar-refractivity contribution in [1.29, 1.82) is 0 Å². The lowest BCUT2D eigenvalue weighted by molar-refractivity contribution is -0.118. The van der Waals surface area contributed by atoms with Gasteiger partial charge in [-0.2, -0.15) is 0 Å². The molecule has 10 aromatic rings. The van der Waals surface area contributed by atoms with Gasteiger partial charge in [0.25, 0.3) is 27.8 Å². The summed E-state index contributed by atoms with van der Waals surface area (Å²) in [7, 11) is -9.78. The number of rotatable bonds is 23. The third kappa shape index (κ3) is 28.1. The van der Waals surface area contributed by atoms with E-state index in [-0.39, 0.29) is 87.2 Å². The molecule has 722 valence electrons. The van der Waals surface area contributed by atoms with Gasteiger partial charge in [-0.05, 0) is 255 Å². The fourth-order valence-electron chi connectivity index (χ4n) is 17.7. The summed E-state index contributed by atoms with van der Waals surface area (Å²) in [6.07, 6.45) is 26.3. The average Bonchev–Trinajstić information content (AvgIpc) is 1.70.